The van der Waals surface area contributed by atoms with Crippen molar-refractivity contribution >= 4 is 50.2 Å². The van der Waals surface area contributed by atoms with Crippen LogP contribution in [0.3, 0.4) is 0 Å². The molecular weight excluding hydrogens is 442 g/mol. The number of nitrogens with one attached hydrogen (secondary N) is 3. The first-order valence-corrected chi connectivity index (χ1v) is 11.8. The third kappa shape index (κ3) is 5.72. The first-order valence-electron chi connectivity index (χ1n) is 9.95. The van der Waals surface area contributed by atoms with Crippen molar-refractivity contribution in [3.05, 3.63) is 82.9 Å². The number of ketones is 1. The Morgan fingerprint density at radius 2 is 1.28 bits per heavy atom. The molecule has 3 rings (SSSR count). The van der Waals surface area contributed by atoms with Gasteiger partial charge >= 0.3 is 0 Å². The van der Waals surface area contributed by atoms with Crippen LogP contribution in [0.1, 0.15) is 34.0 Å². The Kier molecular flexibility index (Phi) is 6.96. The normalized spacial score (nSPS) is 11.0. The largest absolute Gasteiger partial charge is 0.332 e. The number of Topliss-reactive ketones (excluding diaryl/α,β-unsaturated/α-hetero) is 1. The highest BCUT2D eigenvalue weighted by atomic mass is 32.2. The standard InChI is InChI=1S/C24H25N3O3S2/c1-15-13-16(2)23(17(3)14-15)27-32(29,30)22-11-9-21(10-12-22)26-24(31)25-20-7-5-19(6-8-20)18(4)28/h5-14,27H,1-4H3,(H2,25,26,31). The summed E-state index contributed by atoms with van der Waals surface area (Å²) in [6.45, 7) is 7.25. The van der Waals surface area contributed by atoms with Crippen molar-refractivity contribution in [2.45, 2.75) is 32.6 Å². The van der Waals surface area contributed by atoms with Gasteiger partial charge in [0.05, 0.1) is 10.6 Å². The van der Waals surface area contributed by atoms with Gasteiger partial charge in [0, 0.05) is 16.9 Å². The molecule has 3 N–H and O–H groups in total. The molecule has 0 radical (unpaired) electrons. The number of carbonyl (C=O) groups excluding carboxylic acids is 1. The molecule has 0 spiro atoms. The van der Waals surface area contributed by atoms with Crippen LogP contribution in [0.4, 0.5) is 17.1 Å². The van der Waals surface area contributed by atoms with Crippen LogP contribution in [-0.2, 0) is 10.0 Å². The van der Waals surface area contributed by atoms with Gasteiger partial charge in [-0.1, -0.05) is 17.7 Å². The number of anilines is 3. The fourth-order valence-electron chi connectivity index (χ4n) is 3.33. The predicted molar refractivity (Wildman–Crippen MR) is 134 cm³/mol. The van der Waals surface area contributed by atoms with E-state index in [9.17, 15) is 13.2 Å². The van der Waals surface area contributed by atoms with Gasteiger partial charge < -0.3 is 10.6 Å². The number of sulfonamides is 1. The second-order valence-corrected chi connectivity index (χ2v) is 9.71. The molecule has 3 aromatic carbocycles. The fraction of sp³-hybridized carbons (Fsp3) is 0.167. The molecule has 8 heteroatoms. The molecule has 0 amide bonds. The van der Waals surface area contributed by atoms with E-state index in [1.54, 1.807) is 36.4 Å². The molecule has 166 valence electrons. The average Bonchev–Trinajstić information content (AvgIpc) is 2.71. The number of benzene rings is 3. The van der Waals surface area contributed by atoms with Gasteiger partial charge in [0.1, 0.15) is 0 Å². The van der Waals surface area contributed by atoms with E-state index < -0.39 is 10.0 Å². The van der Waals surface area contributed by atoms with E-state index in [-0.39, 0.29) is 10.7 Å². The molecule has 0 aliphatic heterocycles. The lowest BCUT2D eigenvalue weighted by molar-refractivity contribution is 0.101. The lowest BCUT2D eigenvalue weighted by atomic mass is 10.1. The molecule has 0 heterocycles. The van der Waals surface area contributed by atoms with E-state index in [0.717, 1.165) is 22.4 Å². The van der Waals surface area contributed by atoms with Crippen LogP contribution < -0.4 is 15.4 Å². The summed E-state index contributed by atoms with van der Waals surface area (Å²) in [6, 6.07) is 17.2. The highest BCUT2D eigenvalue weighted by molar-refractivity contribution is 7.92. The highest BCUT2D eigenvalue weighted by Gasteiger charge is 2.17. The van der Waals surface area contributed by atoms with E-state index in [0.29, 0.717) is 22.1 Å². The Bertz CT molecular complexity index is 1240. The smallest absolute Gasteiger partial charge is 0.261 e. The molecule has 0 atom stereocenters. The number of aryl methyl sites for hydroxylation is 3. The molecule has 0 aromatic heterocycles. The van der Waals surface area contributed by atoms with E-state index in [1.165, 1.54) is 19.1 Å². The fourth-order valence-corrected chi connectivity index (χ4v) is 4.77. The van der Waals surface area contributed by atoms with Gasteiger partial charge in [0.2, 0.25) is 0 Å². The zero-order valence-corrected chi connectivity index (χ0v) is 19.9. The average molecular weight is 468 g/mol. The van der Waals surface area contributed by atoms with Gasteiger partial charge in [0.25, 0.3) is 10.0 Å². The van der Waals surface area contributed by atoms with Crippen molar-refractivity contribution in [1.82, 2.24) is 0 Å². The Labute approximate surface area is 194 Å². The SMILES string of the molecule is CC(=O)c1ccc(NC(=S)Nc2ccc(S(=O)(=O)Nc3c(C)cc(C)cc3C)cc2)cc1. The van der Waals surface area contributed by atoms with Crippen LogP contribution in [0.5, 0.6) is 0 Å². The van der Waals surface area contributed by atoms with Gasteiger partial charge in [-0.3, -0.25) is 9.52 Å². The van der Waals surface area contributed by atoms with Gasteiger partial charge in [0.15, 0.2) is 10.9 Å². The van der Waals surface area contributed by atoms with Crippen LogP contribution in [0.2, 0.25) is 0 Å². The van der Waals surface area contributed by atoms with E-state index in [2.05, 4.69) is 15.4 Å². The topological polar surface area (TPSA) is 87.3 Å². The van der Waals surface area contributed by atoms with Crippen molar-refractivity contribution in [1.29, 1.82) is 0 Å². The maximum absolute atomic E-state index is 12.8. The lowest BCUT2D eigenvalue weighted by Crippen LogP contribution is -2.19. The quantitative estimate of drug-likeness (QED) is 0.331. The van der Waals surface area contributed by atoms with Crippen molar-refractivity contribution in [3.63, 3.8) is 0 Å². The lowest BCUT2D eigenvalue weighted by Gasteiger charge is -2.15. The van der Waals surface area contributed by atoms with Crippen LogP contribution >= 0.6 is 12.2 Å². The Balaban J connectivity index is 1.67. The second kappa shape index (κ2) is 9.50. The molecule has 32 heavy (non-hydrogen) atoms. The summed E-state index contributed by atoms with van der Waals surface area (Å²) in [7, 11) is -3.73. The second-order valence-electron chi connectivity index (χ2n) is 7.62. The van der Waals surface area contributed by atoms with E-state index in [4.69, 9.17) is 12.2 Å². The Morgan fingerprint density at radius 1 is 0.812 bits per heavy atom. The predicted octanol–water partition coefficient (Wildman–Crippen LogP) is 5.42. The van der Waals surface area contributed by atoms with Gasteiger partial charge in [-0.25, -0.2) is 8.42 Å². The van der Waals surface area contributed by atoms with E-state index >= 15 is 0 Å². The molecule has 0 fully saturated rings. The minimum Gasteiger partial charge on any atom is -0.332 e. The number of carbonyl (C=O) groups is 1. The summed E-state index contributed by atoms with van der Waals surface area (Å²) in [5.41, 5.74) is 5.42. The zero-order chi connectivity index (χ0) is 23.5. The summed E-state index contributed by atoms with van der Waals surface area (Å²) >= 11 is 5.31. The van der Waals surface area contributed by atoms with Crippen LogP contribution in [0.25, 0.3) is 0 Å². The first kappa shape index (κ1) is 23.4. The van der Waals surface area contributed by atoms with Crippen molar-refractivity contribution in [2.75, 3.05) is 15.4 Å². The summed E-state index contributed by atoms with van der Waals surface area (Å²) in [5.74, 6) is -0.00511. The van der Waals surface area contributed by atoms with E-state index in [1.807, 2.05) is 32.9 Å². The maximum atomic E-state index is 12.8. The first-order chi connectivity index (χ1) is 15.0. The van der Waals surface area contributed by atoms with Gasteiger partial charge in [-0.15, -0.1) is 0 Å². The molecule has 0 bridgehead atoms. The zero-order valence-electron chi connectivity index (χ0n) is 18.3. The van der Waals surface area contributed by atoms with Crippen LogP contribution in [-0.4, -0.2) is 19.3 Å². The van der Waals surface area contributed by atoms with Crippen LogP contribution in [0, 0.1) is 20.8 Å². The molecule has 0 saturated carbocycles. The molecular formula is C24H25N3O3S2. The van der Waals surface area contributed by atoms with Gasteiger partial charge in [-0.05, 0) is 99.6 Å². The number of hydrogen-bond acceptors (Lipinski definition) is 4. The summed E-state index contributed by atoms with van der Waals surface area (Å²) in [5, 5.41) is 6.40. The summed E-state index contributed by atoms with van der Waals surface area (Å²) in [6.07, 6.45) is 0. The van der Waals surface area contributed by atoms with Crippen molar-refractivity contribution in [2.24, 2.45) is 0 Å². The molecule has 0 aliphatic carbocycles. The Hall–Kier alpha value is -3.23. The summed E-state index contributed by atoms with van der Waals surface area (Å²) < 4.78 is 28.4. The molecule has 0 saturated heterocycles. The number of rotatable bonds is 6. The minimum absolute atomic E-state index is 0.00511. The maximum Gasteiger partial charge on any atom is 0.261 e. The number of thiocarbonyl (C=S) groups is 1. The molecule has 3 aromatic rings. The van der Waals surface area contributed by atoms with Crippen molar-refractivity contribution in [3.8, 4) is 0 Å². The summed E-state index contributed by atoms with van der Waals surface area (Å²) in [4.78, 5) is 11.5. The minimum atomic E-state index is -3.73. The monoisotopic (exact) mass is 467 g/mol. The van der Waals surface area contributed by atoms with Crippen LogP contribution in [0.15, 0.2) is 65.6 Å². The third-order valence-corrected chi connectivity index (χ3v) is 6.45. The van der Waals surface area contributed by atoms with Crippen molar-refractivity contribution < 1.29 is 13.2 Å². The molecule has 0 aliphatic rings. The molecule has 0 unspecified atom stereocenters. The third-order valence-electron chi connectivity index (χ3n) is 4.89. The van der Waals surface area contributed by atoms with Gasteiger partial charge in [-0.2, -0.15) is 0 Å². The highest BCUT2D eigenvalue weighted by Crippen LogP contribution is 2.25. The molecule has 6 nitrogen and oxygen atoms in total. The Morgan fingerprint density at radius 3 is 1.75 bits per heavy atom. The number of hydrogen-bond donors (Lipinski definition) is 3.